The van der Waals surface area contributed by atoms with Crippen molar-refractivity contribution in [1.82, 2.24) is 0 Å². The third-order valence-electron chi connectivity index (χ3n) is 3.60. The molecule has 0 fully saturated rings. The van der Waals surface area contributed by atoms with Crippen LogP contribution in [0.4, 0.5) is 11.4 Å². The van der Waals surface area contributed by atoms with Gasteiger partial charge in [0, 0.05) is 17.8 Å². The van der Waals surface area contributed by atoms with Crippen LogP contribution in [0.3, 0.4) is 0 Å². The number of ether oxygens (including phenoxy) is 2. The Morgan fingerprint density at radius 3 is 2.66 bits per heavy atom. The van der Waals surface area contributed by atoms with Crippen molar-refractivity contribution in [3.8, 4) is 17.6 Å². The Morgan fingerprint density at radius 2 is 2.07 bits per heavy atom. The molecule has 0 aliphatic carbocycles. The van der Waals surface area contributed by atoms with E-state index in [1.54, 1.807) is 12.1 Å². The van der Waals surface area contributed by atoms with E-state index in [0.717, 1.165) is 0 Å². The molecule has 0 aliphatic heterocycles. The molecule has 2 rings (SSSR count). The van der Waals surface area contributed by atoms with Gasteiger partial charge in [-0.05, 0) is 43.7 Å². The van der Waals surface area contributed by atoms with Crippen LogP contribution in [0.1, 0.15) is 19.4 Å². The Kier molecular flexibility index (Phi) is 7.17. The topological polar surface area (TPSA) is 114 Å². The molecule has 0 saturated heterocycles. The van der Waals surface area contributed by atoms with E-state index in [-0.39, 0.29) is 28.1 Å². The van der Waals surface area contributed by atoms with Crippen LogP contribution in [0, 0.1) is 21.4 Å². The smallest absolute Gasteiger partial charge is 0.271 e. The molecule has 0 unspecified atom stereocenters. The summed E-state index contributed by atoms with van der Waals surface area (Å²) in [5.41, 5.74) is 0.255. The maximum absolute atomic E-state index is 12.4. The first-order valence-electron chi connectivity index (χ1n) is 8.47. The molecule has 0 aromatic heterocycles. The Bertz CT molecular complexity index is 1010. The van der Waals surface area contributed by atoms with E-state index in [1.807, 2.05) is 19.9 Å². The number of non-ortho nitro benzene ring substituents is 1. The minimum atomic E-state index is -0.717. The monoisotopic (exact) mass is 415 g/mol. The van der Waals surface area contributed by atoms with Crippen LogP contribution in [-0.4, -0.2) is 24.0 Å². The van der Waals surface area contributed by atoms with Gasteiger partial charge in [0.2, 0.25) is 0 Å². The van der Waals surface area contributed by atoms with Crippen LogP contribution < -0.4 is 14.8 Å². The lowest BCUT2D eigenvalue weighted by atomic mass is 10.1. The van der Waals surface area contributed by atoms with Crippen molar-refractivity contribution in [1.29, 1.82) is 5.26 Å². The van der Waals surface area contributed by atoms with Crippen LogP contribution in [0.15, 0.2) is 42.0 Å². The second-order valence-corrected chi connectivity index (χ2v) is 6.54. The Hall–Kier alpha value is -3.57. The average Bonchev–Trinajstić information content (AvgIpc) is 2.67. The van der Waals surface area contributed by atoms with Crippen LogP contribution in [0.5, 0.6) is 11.5 Å². The zero-order valence-electron chi connectivity index (χ0n) is 15.9. The molecule has 0 saturated carbocycles. The number of nitro benzene ring substituents is 1. The first-order chi connectivity index (χ1) is 13.7. The molecule has 1 N–H and O–H groups in total. The Morgan fingerprint density at radius 1 is 1.34 bits per heavy atom. The summed E-state index contributed by atoms with van der Waals surface area (Å²) in [6, 6.07) is 10.4. The van der Waals surface area contributed by atoms with Gasteiger partial charge in [0.25, 0.3) is 11.6 Å². The van der Waals surface area contributed by atoms with E-state index in [1.165, 1.54) is 37.5 Å². The summed E-state index contributed by atoms with van der Waals surface area (Å²) >= 11 is 6.26. The number of anilines is 1. The van der Waals surface area contributed by atoms with Crippen molar-refractivity contribution >= 4 is 35.0 Å². The molecule has 0 spiro atoms. The number of hydrogen-bond donors (Lipinski definition) is 1. The van der Waals surface area contributed by atoms with Crippen molar-refractivity contribution in [2.75, 3.05) is 12.4 Å². The molecule has 0 heterocycles. The fourth-order valence-electron chi connectivity index (χ4n) is 2.38. The predicted molar refractivity (Wildman–Crippen MR) is 109 cm³/mol. The van der Waals surface area contributed by atoms with E-state index in [9.17, 15) is 20.2 Å². The minimum absolute atomic E-state index is 0.127. The fourth-order valence-corrected chi connectivity index (χ4v) is 2.65. The van der Waals surface area contributed by atoms with Gasteiger partial charge in [0.05, 0.1) is 23.2 Å². The Balaban J connectivity index is 2.32. The highest BCUT2D eigenvalue weighted by Gasteiger charge is 2.16. The summed E-state index contributed by atoms with van der Waals surface area (Å²) in [4.78, 5) is 22.7. The molecule has 0 atom stereocenters. The number of rotatable bonds is 7. The second kappa shape index (κ2) is 9.57. The van der Waals surface area contributed by atoms with Gasteiger partial charge in [-0.25, -0.2) is 0 Å². The predicted octanol–water partition coefficient (Wildman–Crippen LogP) is 4.59. The lowest BCUT2D eigenvalue weighted by Crippen LogP contribution is -2.13. The van der Waals surface area contributed by atoms with Gasteiger partial charge >= 0.3 is 0 Å². The van der Waals surface area contributed by atoms with E-state index >= 15 is 0 Å². The van der Waals surface area contributed by atoms with Gasteiger partial charge in [-0.2, -0.15) is 5.26 Å². The van der Waals surface area contributed by atoms with Crippen LogP contribution in [0.25, 0.3) is 6.08 Å². The number of benzene rings is 2. The van der Waals surface area contributed by atoms with E-state index in [4.69, 9.17) is 21.1 Å². The molecule has 2 aromatic rings. The molecule has 0 radical (unpaired) electrons. The van der Waals surface area contributed by atoms with Gasteiger partial charge in [-0.1, -0.05) is 17.7 Å². The highest BCUT2D eigenvalue weighted by atomic mass is 35.5. The zero-order chi connectivity index (χ0) is 21.6. The lowest BCUT2D eigenvalue weighted by molar-refractivity contribution is -0.384. The van der Waals surface area contributed by atoms with E-state index in [0.29, 0.717) is 17.1 Å². The molecule has 1 amide bonds. The zero-order valence-corrected chi connectivity index (χ0v) is 16.7. The summed E-state index contributed by atoms with van der Waals surface area (Å²) in [5.74, 6) is 0.000275. The first-order valence-corrected chi connectivity index (χ1v) is 8.84. The number of amides is 1. The summed E-state index contributed by atoms with van der Waals surface area (Å²) in [5, 5.41) is 23.0. The number of nitro groups is 1. The van der Waals surface area contributed by atoms with Crippen molar-refractivity contribution in [3.05, 3.63) is 62.7 Å². The van der Waals surface area contributed by atoms with Crippen LogP contribution in [0.2, 0.25) is 5.02 Å². The third-order valence-corrected chi connectivity index (χ3v) is 3.88. The number of halogens is 1. The number of nitrogens with one attached hydrogen (secondary N) is 1. The second-order valence-electron chi connectivity index (χ2n) is 6.13. The van der Waals surface area contributed by atoms with Crippen molar-refractivity contribution < 1.29 is 19.2 Å². The molecular weight excluding hydrogens is 398 g/mol. The number of carbonyl (C=O) groups is 1. The van der Waals surface area contributed by atoms with Crippen LogP contribution in [-0.2, 0) is 4.79 Å². The highest BCUT2D eigenvalue weighted by molar-refractivity contribution is 6.32. The quantitative estimate of drug-likeness (QED) is 0.306. The van der Waals surface area contributed by atoms with E-state index < -0.39 is 10.8 Å². The highest BCUT2D eigenvalue weighted by Crippen LogP contribution is 2.37. The number of nitrogens with zero attached hydrogens (tertiary/aromatic N) is 2. The van der Waals surface area contributed by atoms with Gasteiger partial charge in [0.15, 0.2) is 11.5 Å². The Labute approximate surface area is 172 Å². The molecular formula is C20H18ClN3O5. The maximum Gasteiger partial charge on any atom is 0.271 e. The summed E-state index contributed by atoms with van der Waals surface area (Å²) < 4.78 is 10.9. The first kappa shape index (κ1) is 21.7. The van der Waals surface area contributed by atoms with Crippen molar-refractivity contribution in [3.63, 3.8) is 0 Å². The van der Waals surface area contributed by atoms with Gasteiger partial charge in [-0.3, -0.25) is 14.9 Å². The van der Waals surface area contributed by atoms with Crippen molar-refractivity contribution in [2.24, 2.45) is 0 Å². The largest absolute Gasteiger partial charge is 0.493 e. The lowest BCUT2D eigenvalue weighted by Gasteiger charge is -2.15. The average molecular weight is 416 g/mol. The molecule has 2 aromatic carbocycles. The minimum Gasteiger partial charge on any atom is -0.493 e. The van der Waals surface area contributed by atoms with E-state index in [2.05, 4.69) is 5.32 Å². The molecule has 9 heteroatoms. The summed E-state index contributed by atoms with van der Waals surface area (Å²) in [7, 11) is 1.45. The standard InChI is InChI=1S/C20H18ClN3O5/c1-12(2)29-19-17(21)8-13(9-18(19)28-3)7-14(11-22)20(25)23-15-5-4-6-16(10-15)24(26)27/h4-10,12H,1-3H3,(H,23,25)/b14-7+. The molecule has 8 nitrogen and oxygen atoms in total. The number of methoxy groups -OCH3 is 1. The normalized spacial score (nSPS) is 11.0. The number of nitriles is 1. The number of carbonyl (C=O) groups excluding carboxylic acids is 1. The molecule has 0 aliphatic rings. The number of hydrogen-bond acceptors (Lipinski definition) is 6. The fraction of sp³-hybridized carbons (Fsp3) is 0.200. The third kappa shape index (κ3) is 5.70. The molecule has 0 bridgehead atoms. The van der Waals surface area contributed by atoms with Crippen LogP contribution >= 0.6 is 11.6 Å². The van der Waals surface area contributed by atoms with Crippen molar-refractivity contribution in [2.45, 2.75) is 20.0 Å². The summed E-state index contributed by atoms with van der Waals surface area (Å²) in [6.07, 6.45) is 1.21. The maximum atomic E-state index is 12.4. The van der Waals surface area contributed by atoms with Gasteiger partial charge in [0.1, 0.15) is 11.6 Å². The molecule has 150 valence electrons. The molecule has 29 heavy (non-hydrogen) atoms. The summed E-state index contributed by atoms with van der Waals surface area (Å²) in [6.45, 7) is 3.69. The SMILES string of the molecule is COc1cc(/C=C(\C#N)C(=O)Nc2cccc([N+](=O)[O-])c2)cc(Cl)c1OC(C)C. The van der Waals surface area contributed by atoms with Gasteiger partial charge in [-0.15, -0.1) is 0 Å². The van der Waals surface area contributed by atoms with Gasteiger partial charge < -0.3 is 14.8 Å².